The van der Waals surface area contributed by atoms with Gasteiger partial charge in [-0.2, -0.15) is 32.2 Å². The molecule has 0 fully saturated rings. The summed E-state index contributed by atoms with van der Waals surface area (Å²) in [5.74, 6) is 0.194. The number of nitrogens with one attached hydrogen (secondary N) is 2. The van der Waals surface area contributed by atoms with Crippen molar-refractivity contribution < 1.29 is 31.4 Å². The van der Waals surface area contributed by atoms with E-state index in [0.29, 0.717) is 16.4 Å². The molecule has 43 heavy (non-hydrogen) atoms. The van der Waals surface area contributed by atoms with Crippen molar-refractivity contribution in [2.45, 2.75) is 33.1 Å². The fourth-order valence-corrected chi connectivity index (χ4v) is 3.81. The van der Waals surface area contributed by atoms with Gasteiger partial charge in [0.1, 0.15) is 11.5 Å². The molecule has 0 aliphatic heterocycles. The summed E-state index contributed by atoms with van der Waals surface area (Å²) < 4.78 is 72.7. The summed E-state index contributed by atoms with van der Waals surface area (Å²) >= 11 is 5.34. The van der Waals surface area contributed by atoms with Gasteiger partial charge in [-0.1, -0.05) is 30.3 Å². The van der Waals surface area contributed by atoms with Gasteiger partial charge >= 0.3 is 12.3 Å². The van der Waals surface area contributed by atoms with Crippen LogP contribution in [0.5, 0.6) is 11.5 Å². The van der Waals surface area contributed by atoms with Crippen LogP contribution in [0, 0.1) is 13.8 Å². The molecule has 3 rings (SSSR count). The minimum Gasteiger partial charge on any atom is -0.497 e. The lowest BCUT2D eigenvalue weighted by molar-refractivity contribution is -0.360. The normalized spacial score (nSPS) is 12.4. The lowest BCUT2D eigenvalue weighted by Crippen LogP contribution is -2.41. The number of methoxy groups -OCH3 is 1. The van der Waals surface area contributed by atoms with E-state index in [4.69, 9.17) is 22.7 Å². The molecular weight excluding hydrogens is 591 g/mol. The standard InChI is InChI=1S/C29H29F5N6O2S/c1-5-14-40(22-10-12-23(13-11-22)42-29(33,34)28(30,31)32)39-26(35)21-8-6-20(7-9-21)17-36-38-27(43)37-25-18(2)15-24(41-4)16-19(25)3/h5-17H,1-4H3,(H2,35,39)(H2,37,38,43)/b14-5?,36-17-. The van der Waals surface area contributed by atoms with E-state index in [1.165, 1.54) is 23.3 Å². The lowest BCUT2D eigenvalue weighted by atomic mass is 10.1. The molecule has 4 N–H and O–H groups in total. The number of anilines is 2. The smallest absolute Gasteiger partial charge is 0.497 e. The molecule has 0 radical (unpaired) electrons. The van der Waals surface area contributed by atoms with Crippen molar-refractivity contribution >= 4 is 40.8 Å². The van der Waals surface area contributed by atoms with Crippen LogP contribution in [0.15, 0.2) is 83.1 Å². The molecule has 0 aliphatic carbocycles. The second-order valence-electron chi connectivity index (χ2n) is 9.01. The van der Waals surface area contributed by atoms with E-state index in [0.717, 1.165) is 40.3 Å². The molecular formula is C29H29F5N6O2S. The zero-order valence-electron chi connectivity index (χ0n) is 23.5. The van der Waals surface area contributed by atoms with Crippen LogP contribution in [-0.2, 0) is 0 Å². The molecule has 0 unspecified atom stereocenters. The third kappa shape index (κ3) is 8.88. The first-order valence-electron chi connectivity index (χ1n) is 12.6. The zero-order valence-corrected chi connectivity index (χ0v) is 24.4. The van der Waals surface area contributed by atoms with Gasteiger partial charge in [0.05, 0.1) is 19.0 Å². The number of aryl methyl sites for hydroxylation is 2. The Morgan fingerprint density at radius 2 is 1.56 bits per heavy atom. The number of allylic oxidation sites excluding steroid dienone is 1. The Balaban J connectivity index is 1.65. The molecule has 0 bridgehead atoms. The van der Waals surface area contributed by atoms with Crippen LogP contribution in [0.3, 0.4) is 0 Å². The number of ether oxygens (including phenoxy) is 2. The van der Waals surface area contributed by atoms with Crippen LogP contribution < -0.4 is 31.0 Å². The summed E-state index contributed by atoms with van der Waals surface area (Å²) in [6.07, 6.45) is -6.44. The van der Waals surface area contributed by atoms with Crippen molar-refractivity contribution in [1.82, 2.24) is 5.43 Å². The third-order valence-electron chi connectivity index (χ3n) is 5.75. The summed E-state index contributed by atoms with van der Waals surface area (Å²) in [5.41, 5.74) is 13.4. The molecule has 3 aromatic rings. The van der Waals surface area contributed by atoms with Gasteiger partial charge in [0.15, 0.2) is 10.9 Å². The van der Waals surface area contributed by atoms with E-state index in [-0.39, 0.29) is 5.84 Å². The number of hydrazone groups is 2. The Labute approximate surface area is 250 Å². The molecule has 3 aromatic carbocycles. The number of benzene rings is 3. The van der Waals surface area contributed by atoms with Gasteiger partial charge in [0.25, 0.3) is 0 Å². The third-order valence-corrected chi connectivity index (χ3v) is 5.94. The summed E-state index contributed by atoms with van der Waals surface area (Å²) in [4.78, 5) is 0. The highest BCUT2D eigenvalue weighted by molar-refractivity contribution is 7.80. The SMILES string of the molecule is CC=CN(N=C(N)c1ccc(/C=N\NC(=S)Nc2c(C)cc(OC)cc2C)cc1)c1ccc(OC(F)(F)C(F)(F)F)cc1. The topological polar surface area (TPSA) is 96.5 Å². The number of nitrogens with zero attached hydrogens (tertiary/aromatic N) is 3. The molecule has 0 heterocycles. The average molecular weight is 621 g/mol. The first kappa shape index (κ1) is 32.8. The second-order valence-corrected chi connectivity index (χ2v) is 9.41. The molecule has 0 aromatic heterocycles. The molecule has 228 valence electrons. The summed E-state index contributed by atoms with van der Waals surface area (Å²) in [7, 11) is 1.61. The highest BCUT2D eigenvalue weighted by atomic mass is 32.1. The van der Waals surface area contributed by atoms with Crippen LogP contribution in [0.25, 0.3) is 0 Å². The average Bonchev–Trinajstić information content (AvgIpc) is 2.94. The maximum atomic E-state index is 13.2. The number of hydrogen-bond acceptors (Lipinski definition) is 6. The minimum absolute atomic E-state index is 0.110. The predicted molar refractivity (Wildman–Crippen MR) is 162 cm³/mol. The molecule has 0 aliphatic rings. The van der Waals surface area contributed by atoms with Gasteiger partial charge in [-0.25, -0.2) is 5.01 Å². The number of alkyl halides is 5. The van der Waals surface area contributed by atoms with Crippen LogP contribution in [0.2, 0.25) is 0 Å². The van der Waals surface area contributed by atoms with Crippen LogP contribution >= 0.6 is 12.2 Å². The molecule has 8 nitrogen and oxygen atoms in total. The summed E-state index contributed by atoms with van der Waals surface area (Å²) in [5, 5.41) is 13.2. The van der Waals surface area contributed by atoms with Crippen molar-refractivity contribution in [3.8, 4) is 11.5 Å². The Morgan fingerprint density at radius 1 is 0.953 bits per heavy atom. The lowest BCUT2D eigenvalue weighted by Gasteiger charge is -2.21. The molecule has 0 saturated heterocycles. The monoisotopic (exact) mass is 620 g/mol. The Kier molecular flexibility index (Phi) is 10.6. The quantitative estimate of drug-likeness (QED) is 0.0752. The number of nitrogens with two attached hydrogens (primary N) is 1. The second kappa shape index (κ2) is 14.0. The van der Waals surface area contributed by atoms with Gasteiger partial charge in [-0.05, 0) is 86.1 Å². The Morgan fingerprint density at radius 3 is 2.09 bits per heavy atom. The van der Waals surface area contributed by atoms with Gasteiger partial charge in [-0.15, -0.1) is 0 Å². The Bertz CT molecular complexity index is 1480. The highest BCUT2D eigenvalue weighted by Gasteiger charge is 2.61. The van der Waals surface area contributed by atoms with E-state index < -0.39 is 18.0 Å². The van der Waals surface area contributed by atoms with E-state index in [9.17, 15) is 22.0 Å². The van der Waals surface area contributed by atoms with E-state index in [1.54, 1.807) is 50.6 Å². The number of thiocarbonyl (C=S) groups is 1. The summed E-state index contributed by atoms with van der Waals surface area (Å²) in [6, 6.07) is 15.2. The molecule has 0 amide bonds. The first-order valence-corrected chi connectivity index (χ1v) is 13.0. The first-order chi connectivity index (χ1) is 20.2. The van der Waals surface area contributed by atoms with Crippen molar-refractivity contribution in [3.63, 3.8) is 0 Å². The van der Waals surface area contributed by atoms with Crippen LogP contribution in [0.4, 0.5) is 33.3 Å². The van der Waals surface area contributed by atoms with Crippen molar-refractivity contribution in [3.05, 3.63) is 95.2 Å². The van der Waals surface area contributed by atoms with Gasteiger partial charge in [-0.3, -0.25) is 5.43 Å². The van der Waals surface area contributed by atoms with Crippen LogP contribution in [-0.4, -0.2) is 36.6 Å². The maximum absolute atomic E-state index is 13.2. The number of halogens is 5. The van der Waals surface area contributed by atoms with E-state index in [2.05, 4.69) is 25.7 Å². The zero-order chi connectivity index (χ0) is 31.8. The summed E-state index contributed by atoms with van der Waals surface area (Å²) in [6.45, 7) is 5.59. The molecule has 14 heteroatoms. The van der Waals surface area contributed by atoms with Gasteiger partial charge in [0.2, 0.25) is 0 Å². The van der Waals surface area contributed by atoms with Gasteiger partial charge in [0, 0.05) is 17.5 Å². The maximum Gasteiger partial charge on any atom is 0.499 e. The van der Waals surface area contributed by atoms with Gasteiger partial charge < -0.3 is 20.5 Å². The van der Waals surface area contributed by atoms with Crippen molar-refractivity contribution in [2.24, 2.45) is 15.9 Å². The minimum atomic E-state index is -5.85. The number of amidine groups is 1. The fraction of sp³-hybridized carbons (Fsp3) is 0.207. The number of rotatable bonds is 10. The number of hydrogen-bond donors (Lipinski definition) is 3. The van der Waals surface area contributed by atoms with Crippen LogP contribution in [0.1, 0.15) is 29.2 Å². The van der Waals surface area contributed by atoms with E-state index in [1.807, 2.05) is 26.0 Å². The highest BCUT2D eigenvalue weighted by Crippen LogP contribution is 2.37. The van der Waals surface area contributed by atoms with Crippen molar-refractivity contribution in [2.75, 3.05) is 17.4 Å². The molecule has 0 spiro atoms. The predicted octanol–water partition coefficient (Wildman–Crippen LogP) is 6.83. The van der Waals surface area contributed by atoms with Crippen molar-refractivity contribution in [1.29, 1.82) is 0 Å². The fourth-order valence-electron chi connectivity index (χ4n) is 3.65. The molecule has 0 atom stereocenters. The molecule has 0 saturated carbocycles. The largest absolute Gasteiger partial charge is 0.499 e. The van der Waals surface area contributed by atoms with E-state index >= 15 is 0 Å². The Hall–Kier alpha value is -4.72.